The average molecular weight is 210 g/mol. The van der Waals surface area contributed by atoms with Gasteiger partial charge in [-0.05, 0) is 12.8 Å². The van der Waals surface area contributed by atoms with Gasteiger partial charge in [0.1, 0.15) is 0 Å². The fourth-order valence-corrected chi connectivity index (χ4v) is 1.95. The Morgan fingerprint density at radius 2 is 1.47 bits per heavy atom. The van der Waals surface area contributed by atoms with Gasteiger partial charge in [0.25, 0.3) is 0 Å². The first-order valence-corrected chi connectivity index (χ1v) is 6.34. The molecule has 15 heavy (non-hydrogen) atoms. The predicted molar refractivity (Wildman–Crippen MR) is 67.2 cm³/mol. The topological polar surface area (TPSA) is 38.4 Å². The number of hydrogen-bond acceptors (Lipinski definition) is 1. The smallest absolute Gasteiger partial charge is 0.0994 e. The molecule has 88 valence electrons. The zero-order valence-electron chi connectivity index (χ0n) is 10.6. The van der Waals surface area contributed by atoms with Gasteiger partial charge in [-0.25, -0.2) is 0 Å². The maximum absolute atomic E-state index is 6.02. The number of hydrogen-bond donors (Lipinski definition) is 1. The molecule has 0 saturated heterocycles. The Morgan fingerprint density at radius 3 is 1.93 bits per heavy atom. The van der Waals surface area contributed by atoms with Crippen molar-refractivity contribution in [3.8, 4) is 0 Å². The van der Waals surface area contributed by atoms with Gasteiger partial charge in [-0.1, -0.05) is 52.9 Å². The number of nitrogens with zero attached hydrogens (tertiary/aromatic N) is 1. The molecule has 0 unspecified atom stereocenters. The summed E-state index contributed by atoms with van der Waals surface area (Å²) < 4.78 is 0. The lowest BCUT2D eigenvalue weighted by Crippen LogP contribution is -2.30. The van der Waals surface area contributed by atoms with Crippen molar-refractivity contribution in [2.75, 3.05) is 0 Å². The summed E-state index contributed by atoms with van der Waals surface area (Å²) in [6.07, 6.45) is 9.28. The van der Waals surface area contributed by atoms with Crippen LogP contribution in [0.25, 0.3) is 0 Å². The van der Waals surface area contributed by atoms with Gasteiger partial charge in [0.15, 0.2) is 0 Å². The Bertz CT molecular complexity index is 205. The van der Waals surface area contributed by atoms with E-state index in [2.05, 4.69) is 20.8 Å². The van der Waals surface area contributed by atoms with Gasteiger partial charge >= 0.3 is 0 Å². The van der Waals surface area contributed by atoms with Crippen molar-refractivity contribution < 1.29 is 0 Å². The maximum atomic E-state index is 6.02. The molecule has 1 rings (SSSR count). The van der Waals surface area contributed by atoms with E-state index in [1.165, 1.54) is 44.9 Å². The van der Waals surface area contributed by atoms with Gasteiger partial charge < -0.3 is 5.73 Å². The van der Waals surface area contributed by atoms with E-state index in [-0.39, 0.29) is 5.41 Å². The van der Waals surface area contributed by atoms with Crippen LogP contribution in [-0.4, -0.2) is 11.9 Å². The van der Waals surface area contributed by atoms with Crippen LogP contribution in [0.4, 0.5) is 0 Å². The molecule has 2 heteroatoms. The molecular formula is C13H26N2. The highest BCUT2D eigenvalue weighted by Gasteiger charge is 2.18. The number of nitrogens with two attached hydrogens (primary N) is 1. The molecule has 1 saturated carbocycles. The van der Waals surface area contributed by atoms with E-state index in [0.717, 1.165) is 5.84 Å². The van der Waals surface area contributed by atoms with E-state index >= 15 is 0 Å². The summed E-state index contributed by atoms with van der Waals surface area (Å²) >= 11 is 0. The second kappa shape index (κ2) is 5.53. The van der Waals surface area contributed by atoms with Gasteiger partial charge in [0.2, 0.25) is 0 Å². The molecule has 0 aliphatic heterocycles. The summed E-state index contributed by atoms with van der Waals surface area (Å²) in [7, 11) is 0. The van der Waals surface area contributed by atoms with Gasteiger partial charge in [-0.3, -0.25) is 4.99 Å². The van der Waals surface area contributed by atoms with E-state index in [1.807, 2.05) is 0 Å². The summed E-state index contributed by atoms with van der Waals surface area (Å²) in [5.74, 6) is 0.827. The van der Waals surface area contributed by atoms with Crippen LogP contribution in [-0.2, 0) is 0 Å². The minimum Gasteiger partial charge on any atom is -0.387 e. The minimum absolute atomic E-state index is 0.0301. The first-order chi connectivity index (χ1) is 7.00. The fraction of sp³-hybridized carbons (Fsp3) is 0.923. The molecule has 0 aromatic rings. The van der Waals surface area contributed by atoms with Crippen molar-refractivity contribution in [3.63, 3.8) is 0 Å². The summed E-state index contributed by atoms with van der Waals surface area (Å²) in [5, 5.41) is 0. The van der Waals surface area contributed by atoms with E-state index in [0.29, 0.717) is 6.04 Å². The Labute approximate surface area is 94.3 Å². The molecule has 1 aliphatic carbocycles. The number of aliphatic imine (C=N–C) groups is 1. The van der Waals surface area contributed by atoms with Crippen molar-refractivity contribution in [1.82, 2.24) is 0 Å². The lowest BCUT2D eigenvalue weighted by Gasteiger charge is -2.22. The molecule has 0 heterocycles. The van der Waals surface area contributed by atoms with Crippen LogP contribution in [0.1, 0.15) is 65.7 Å². The molecular weight excluding hydrogens is 184 g/mol. The van der Waals surface area contributed by atoms with E-state index in [1.54, 1.807) is 0 Å². The van der Waals surface area contributed by atoms with Gasteiger partial charge in [0.05, 0.1) is 11.9 Å². The molecule has 1 aliphatic rings. The zero-order valence-corrected chi connectivity index (χ0v) is 10.6. The van der Waals surface area contributed by atoms with Crippen molar-refractivity contribution in [3.05, 3.63) is 0 Å². The highest BCUT2D eigenvalue weighted by Crippen LogP contribution is 2.21. The molecule has 1 fully saturated rings. The third-order valence-electron chi connectivity index (χ3n) is 3.16. The highest BCUT2D eigenvalue weighted by molar-refractivity contribution is 5.85. The Hall–Kier alpha value is -0.530. The summed E-state index contributed by atoms with van der Waals surface area (Å²) in [6.45, 7) is 6.40. The fourth-order valence-electron chi connectivity index (χ4n) is 1.95. The van der Waals surface area contributed by atoms with Crippen LogP contribution in [0.5, 0.6) is 0 Å². The summed E-state index contributed by atoms with van der Waals surface area (Å²) in [6, 6.07) is 0.490. The Morgan fingerprint density at radius 1 is 1.00 bits per heavy atom. The molecule has 0 bridgehead atoms. The number of rotatable bonds is 1. The third-order valence-corrected chi connectivity index (χ3v) is 3.16. The summed E-state index contributed by atoms with van der Waals surface area (Å²) in [5.41, 5.74) is 6.05. The van der Waals surface area contributed by atoms with Crippen molar-refractivity contribution in [1.29, 1.82) is 0 Å². The molecule has 0 spiro atoms. The second-order valence-electron chi connectivity index (χ2n) is 5.76. The largest absolute Gasteiger partial charge is 0.387 e. The van der Waals surface area contributed by atoms with Crippen LogP contribution >= 0.6 is 0 Å². The maximum Gasteiger partial charge on any atom is 0.0994 e. The molecule has 0 radical (unpaired) electrons. The van der Waals surface area contributed by atoms with Gasteiger partial charge in [-0.2, -0.15) is 0 Å². The molecule has 2 nitrogen and oxygen atoms in total. The van der Waals surface area contributed by atoms with Crippen molar-refractivity contribution in [2.45, 2.75) is 71.8 Å². The molecule has 0 aromatic carbocycles. The lowest BCUT2D eigenvalue weighted by molar-refractivity contribution is 0.449. The minimum atomic E-state index is 0.0301. The van der Waals surface area contributed by atoms with Gasteiger partial charge in [0, 0.05) is 5.41 Å². The number of amidine groups is 1. The van der Waals surface area contributed by atoms with Crippen LogP contribution in [0.2, 0.25) is 0 Å². The third kappa shape index (κ3) is 4.67. The molecule has 0 aromatic heterocycles. The zero-order chi connectivity index (χ0) is 11.3. The second-order valence-corrected chi connectivity index (χ2v) is 5.76. The summed E-state index contributed by atoms with van der Waals surface area (Å²) in [4.78, 5) is 4.70. The van der Waals surface area contributed by atoms with Crippen LogP contribution in [0.15, 0.2) is 4.99 Å². The molecule has 0 amide bonds. The molecule has 2 N–H and O–H groups in total. The van der Waals surface area contributed by atoms with Crippen LogP contribution < -0.4 is 5.73 Å². The quantitative estimate of drug-likeness (QED) is 0.522. The Balaban J connectivity index is 2.53. The van der Waals surface area contributed by atoms with E-state index < -0.39 is 0 Å². The SMILES string of the molecule is CC(C)(C)C(N)=NC1CCCCCCC1. The van der Waals surface area contributed by atoms with Crippen LogP contribution in [0.3, 0.4) is 0 Å². The van der Waals surface area contributed by atoms with Crippen LogP contribution in [0, 0.1) is 5.41 Å². The van der Waals surface area contributed by atoms with Crippen molar-refractivity contribution >= 4 is 5.84 Å². The standard InChI is InChI=1S/C13H26N2/c1-13(2,3)12(14)15-11-9-7-5-4-6-8-10-11/h11H,4-10H2,1-3H3,(H2,14,15). The van der Waals surface area contributed by atoms with Crippen molar-refractivity contribution in [2.24, 2.45) is 16.1 Å². The predicted octanol–water partition coefficient (Wildman–Crippen LogP) is 3.50. The van der Waals surface area contributed by atoms with Gasteiger partial charge in [-0.15, -0.1) is 0 Å². The average Bonchev–Trinajstić information content (AvgIpc) is 2.07. The Kier molecular flexibility index (Phi) is 4.62. The lowest BCUT2D eigenvalue weighted by atomic mass is 9.93. The first-order valence-electron chi connectivity index (χ1n) is 6.34. The normalized spacial score (nSPS) is 22.2. The molecule has 0 atom stereocenters. The van der Waals surface area contributed by atoms with E-state index in [9.17, 15) is 0 Å². The first kappa shape index (κ1) is 12.5. The monoisotopic (exact) mass is 210 g/mol. The van der Waals surface area contributed by atoms with E-state index in [4.69, 9.17) is 10.7 Å². The highest BCUT2D eigenvalue weighted by atomic mass is 14.9.